The lowest BCUT2D eigenvalue weighted by atomic mass is 9.91. The molecule has 5 rings (SSSR count). The molecule has 1 aliphatic heterocycles. The van der Waals surface area contributed by atoms with Crippen LogP contribution < -0.4 is 4.74 Å². The molecule has 49 heavy (non-hydrogen) atoms. The summed E-state index contributed by atoms with van der Waals surface area (Å²) >= 11 is 0. The van der Waals surface area contributed by atoms with Gasteiger partial charge in [-0.3, -0.25) is 4.90 Å². The molecule has 256 valence electrons. The summed E-state index contributed by atoms with van der Waals surface area (Å²) in [4.78, 5) is 38.6. The minimum absolute atomic E-state index is 0.139. The Balaban J connectivity index is 1.47. The molecule has 0 bridgehead atoms. The number of benzene rings is 4. The third-order valence-electron chi connectivity index (χ3n) is 8.56. The number of rotatable bonds is 9. The van der Waals surface area contributed by atoms with Gasteiger partial charge in [-0.05, 0) is 97.5 Å². The number of carbonyl (C=O) groups excluding carboxylic acids is 3. The molecule has 1 amide bonds. The largest absolute Gasteiger partial charge is 0.496 e. The topological polar surface area (TPSA) is 91.4 Å². The highest BCUT2D eigenvalue weighted by molar-refractivity contribution is 5.92. The van der Waals surface area contributed by atoms with Crippen LogP contribution in [0.25, 0.3) is 22.3 Å². The molecule has 4 aromatic carbocycles. The van der Waals surface area contributed by atoms with Crippen molar-refractivity contribution in [2.24, 2.45) is 0 Å². The van der Waals surface area contributed by atoms with Gasteiger partial charge >= 0.3 is 24.2 Å². The molecule has 0 aromatic heterocycles. The number of hydrogen-bond acceptors (Lipinski definition) is 7. The minimum atomic E-state index is -4.53. The number of nitrogens with zero attached hydrogens (tertiary/aromatic N) is 1. The summed E-state index contributed by atoms with van der Waals surface area (Å²) in [6.07, 6.45) is -6.04. The Kier molecular flexibility index (Phi) is 10.0. The van der Waals surface area contributed by atoms with Crippen LogP contribution in [0.1, 0.15) is 56.8 Å². The van der Waals surface area contributed by atoms with Gasteiger partial charge in [0.2, 0.25) is 0 Å². The van der Waals surface area contributed by atoms with Crippen molar-refractivity contribution in [2.75, 3.05) is 20.8 Å². The first-order valence-corrected chi connectivity index (χ1v) is 15.5. The number of esters is 2. The van der Waals surface area contributed by atoms with Crippen molar-refractivity contribution in [3.63, 3.8) is 0 Å². The molecule has 1 fully saturated rings. The number of halogens is 3. The summed E-state index contributed by atoms with van der Waals surface area (Å²) in [5.74, 6) is -0.728. The molecule has 1 heterocycles. The Bertz CT molecular complexity index is 1920. The fourth-order valence-corrected chi connectivity index (χ4v) is 6.07. The third kappa shape index (κ3) is 7.56. The predicted octanol–water partition coefficient (Wildman–Crippen LogP) is 8.39. The third-order valence-corrected chi connectivity index (χ3v) is 8.56. The standard InChI is InChI=1S/C38H36F3NO7/c1-21-7-10-31(28(13-21)19-42-24(4)35(49-37(42)45)27-14-22(2)15-29(17-27)38(39,40)41)32-18-25(9-12-33(32)46-5)30-11-8-26(16-23(30)3)36(44)48-20-34(43)47-6/h7-18,24,35H,19-20H2,1-6H3/t24-,35-/m0/s1. The van der Waals surface area contributed by atoms with Crippen molar-refractivity contribution < 1.29 is 46.5 Å². The van der Waals surface area contributed by atoms with E-state index in [1.165, 1.54) is 12.0 Å². The molecule has 0 aliphatic carbocycles. The van der Waals surface area contributed by atoms with Crippen LogP contribution >= 0.6 is 0 Å². The van der Waals surface area contributed by atoms with Gasteiger partial charge in [0.1, 0.15) is 11.9 Å². The van der Waals surface area contributed by atoms with Crippen LogP contribution in [0.4, 0.5) is 18.0 Å². The molecule has 1 saturated heterocycles. The average molecular weight is 676 g/mol. The van der Waals surface area contributed by atoms with Gasteiger partial charge in [-0.15, -0.1) is 0 Å². The van der Waals surface area contributed by atoms with E-state index in [2.05, 4.69) is 4.74 Å². The Morgan fingerprint density at radius 2 is 1.59 bits per heavy atom. The Hall–Kier alpha value is -5.32. The van der Waals surface area contributed by atoms with Crippen LogP contribution in [0, 0.1) is 20.8 Å². The zero-order chi connectivity index (χ0) is 35.6. The predicted molar refractivity (Wildman–Crippen MR) is 176 cm³/mol. The van der Waals surface area contributed by atoms with Gasteiger partial charge in [-0.1, -0.05) is 47.5 Å². The van der Waals surface area contributed by atoms with E-state index in [-0.39, 0.29) is 17.7 Å². The maximum absolute atomic E-state index is 13.6. The van der Waals surface area contributed by atoms with Gasteiger partial charge in [-0.25, -0.2) is 14.4 Å². The van der Waals surface area contributed by atoms with Gasteiger partial charge in [0, 0.05) is 5.56 Å². The highest BCUT2D eigenvalue weighted by atomic mass is 19.4. The van der Waals surface area contributed by atoms with Gasteiger partial charge in [0.25, 0.3) is 0 Å². The van der Waals surface area contributed by atoms with Crippen molar-refractivity contribution in [2.45, 2.75) is 52.6 Å². The smallest absolute Gasteiger partial charge is 0.416 e. The number of alkyl halides is 3. The Morgan fingerprint density at radius 1 is 0.857 bits per heavy atom. The number of carbonyl (C=O) groups is 3. The highest BCUT2D eigenvalue weighted by Gasteiger charge is 2.41. The molecule has 1 aliphatic rings. The van der Waals surface area contributed by atoms with Gasteiger partial charge in [0.05, 0.1) is 37.9 Å². The van der Waals surface area contributed by atoms with E-state index in [1.807, 2.05) is 50.2 Å². The van der Waals surface area contributed by atoms with Gasteiger partial charge in [0.15, 0.2) is 6.61 Å². The van der Waals surface area contributed by atoms with Gasteiger partial charge < -0.3 is 18.9 Å². The molecular formula is C38H36F3NO7. The number of amides is 1. The maximum atomic E-state index is 13.6. The summed E-state index contributed by atoms with van der Waals surface area (Å²) in [5, 5.41) is 0. The summed E-state index contributed by atoms with van der Waals surface area (Å²) in [5.41, 5.74) is 5.95. The first kappa shape index (κ1) is 35.0. The van der Waals surface area contributed by atoms with Crippen molar-refractivity contribution in [1.82, 2.24) is 4.90 Å². The molecule has 0 saturated carbocycles. The lowest BCUT2D eigenvalue weighted by Crippen LogP contribution is -2.31. The molecule has 11 heteroatoms. The van der Waals surface area contributed by atoms with Gasteiger partial charge in [-0.2, -0.15) is 13.2 Å². The molecule has 0 N–H and O–H groups in total. The summed E-state index contributed by atoms with van der Waals surface area (Å²) in [6, 6.07) is 19.8. The quantitative estimate of drug-likeness (QED) is 0.130. The van der Waals surface area contributed by atoms with E-state index in [0.29, 0.717) is 11.3 Å². The maximum Gasteiger partial charge on any atom is 0.416 e. The monoisotopic (exact) mass is 675 g/mol. The van der Waals surface area contributed by atoms with E-state index in [4.69, 9.17) is 14.2 Å². The van der Waals surface area contributed by atoms with Crippen LogP contribution in [-0.2, 0) is 31.7 Å². The highest BCUT2D eigenvalue weighted by Crippen LogP contribution is 2.41. The molecule has 0 spiro atoms. The first-order valence-electron chi connectivity index (χ1n) is 15.5. The number of hydrogen-bond donors (Lipinski definition) is 0. The second kappa shape index (κ2) is 14.0. The molecule has 0 unspecified atom stereocenters. The summed E-state index contributed by atoms with van der Waals surface area (Å²) in [6.45, 7) is 6.78. The van der Waals surface area contributed by atoms with Crippen molar-refractivity contribution in [3.05, 3.63) is 112 Å². The Morgan fingerprint density at radius 3 is 2.27 bits per heavy atom. The van der Waals surface area contributed by atoms with E-state index in [0.717, 1.165) is 51.1 Å². The number of methoxy groups -OCH3 is 2. The minimum Gasteiger partial charge on any atom is -0.496 e. The molecule has 4 aromatic rings. The molecule has 2 atom stereocenters. The van der Waals surface area contributed by atoms with Crippen LogP contribution in [0.3, 0.4) is 0 Å². The zero-order valence-electron chi connectivity index (χ0n) is 27.9. The summed E-state index contributed by atoms with van der Waals surface area (Å²) in [7, 11) is 2.77. The molecule has 8 nitrogen and oxygen atoms in total. The second-order valence-electron chi connectivity index (χ2n) is 12.1. The number of aryl methyl sites for hydroxylation is 3. The lowest BCUT2D eigenvalue weighted by Gasteiger charge is -2.24. The summed E-state index contributed by atoms with van der Waals surface area (Å²) < 4.78 is 61.7. The van der Waals surface area contributed by atoms with Crippen molar-refractivity contribution in [3.8, 4) is 28.0 Å². The first-order chi connectivity index (χ1) is 23.2. The van der Waals surface area contributed by atoms with Crippen molar-refractivity contribution >= 4 is 18.0 Å². The van der Waals surface area contributed by atoms with Crippen LogP contribution in [-0.4, -0.2) is 49.8 Å². The fraction of sp³-hybridized carbons (Fsp3) is 0.289. The van der Waals surface area contributed by atoms with E-state index in [1.54, 1.807) is 45.2 Å². The molecular weight excluding hydrogens is 639 g/mol. The van der Waals surface area contributed by atoms with E-state index < -0.39 is 48.5 Å². The van der Waals surface area contributed by atoms with E-state index in [9.17, 15) is 27.6 Å². The van der Waals surface area contributed by atoms with Crippen LogP contribution in [0.15, 0.2) is 72.8 Å². The van der Waals surface area contributed by atoms with Crippen molar-refractivity contribution in [1.29, 1.82) is 0 Å². The Labute approximate surface area is 282 Å². The van der Waals surface area contributed by atoms with Crippen LogP contribution in [0.2, 0.25) is 0 Å². The number of ether oxygens (including phenoxy) is 4. The van der Waals surface area contributed by atoms with Crippen LogP contribution in [0.5, 0.6) is 5.75 Å². The number of cyclic esters (lactones) is 1. The normalized spacial score (nSPS) is 15.9. The average Bonchev–Trinajstić information content (AvgIpc) is 3.34. The van der Waals surface area contributed by atoms with E-state index >= 15 is 0 Å². The SMILES string of the molecule is COC(=O)COC(=O)c1ccc(-c2ccc(OC)c(-c3ccc(C)cc3CN3C(=O)O[C@H](c4cc(C)cc(C(F)(F)F)c4)[C@@H]3C)c2)c(C)c1. The second-order valence-corrected chi connectivity index (χ2v) is 12.1. The lowest BCUT2D eigenvalue weighted by molar-refractivity contribution is -0.144. The fourth-order valence-electron chi connectivity index (χ4n) is 6.07. The zero-order valence-corrected chi connectivity index (χ0v) is 27.9. The molecule has 0 radical (unpaired) electrons.